The maximum atomic E-state index is 14.0. The predicted molar refractivity (Wildman–Crippen MR) is 95.0 cm³/mol. The molecule has 0 bridgehead atoms. The van der Waals surface area contributed by atoms with E-state index in [9.17, 15) is 17.6 Å². The number of carbonyl (C=O) groups is 1. The highest BCUT2D eigenvalue weighted by molar-refractivity contribution is 7.89. The third kappa shape index (κ3) is 5.49. The molecule has 140 valence electrons. The van der Waals surface area contributed by atoms with Crippen molar-refractivity contribution in [3.8, 4) is 0 Å². The summed E-state index contributed by atoms with van der Waals surface area (Å²) in [5, 5.41) is 2.64. The Kier molecular flexibility index (Phi) is 5.86. The van der Waals surface area contributed by atoms with Crippen LogP contribution in [0, 0.1) is 11.7 Å². The minimum Gasteiger partial charge on any atom is -0.327 e. The van der Waals surface area contributed by atoms with Gasteiger partial charge in [0.1, 0.15) is 10.7 Å². The predicted octanol–water partition coefficient (Wildman–Crippen LogP) is 2.36. The van der Waals surface area contributed by atoms with Crippen molar-refractivity contribution in [1.82, 2.24) is 4.72 Å². The average Bonchev–Trinajstić information content (AvgIpc) is 2.83. The summed E-state index contributed by atoms with van der Waals surface area (Å²) in [6, 6.07) is 3.54. The highest BCUT2D eigenvalue weighted by Gasteiger charge is 2.27. The zero-order valence-electron chi connectivity index (χ0n) is 14.8. The first-order valence-corrected chi connectivity index (χ1v) is 9.85. The molecule has 1 aromatic carbocycles. The van der Waals surface area contributed by atoms with Gasteiger partial charge in [0.25, 0.3) is 0 Å². The van der Waals surface area contributed by atoms with Crippen molar-refractivity contribution in [3.63, 3.8) is 0 Å². The zero-order chi connectivity index (χ0) is 18.8. The third-order valence-corrected chi connectivity index (χ3v) is 5.88. The number of amides is 1. The standard InChI is InChI=1S/C17H26FN3O3S/c1-17(2,3)21-25(23,24)15-10-12(7-8-13(15)18)20-16(22)9-11-5-4-6-14(11)19/h7-8,10-11,14,21H,4-6,9,19H2,1-3H3,(H,20,22)/t11-,14+/m0/s1. The number of benzene rings is 1. The molecule has 0 saturated heterocycles. The SMILES string of the molecule is CC(C)(C)NS(=O)(=O)c1cc(NC(=O)C[C@@H]2CCC[C@H]2N)ccc1F. The van der Waals surface area contributed by atoms with Crippen LogP contribution in [0.25, 0.3) is 0 Å². The molecule has 0 aromatic heterocycles. The maximum Gasteiger partial charge on any atom is 0.244 e. The summed E-state index contributed by atoms with van der Waals surface area (Å²) in [5.74, 6) is -0.986. The van der Waals surface area contributed by atoms with E-state index in [0.717, 1.165) is 31.4 Å². The Morgan fingerprint density at radius 3 is 2.56 bits per heavy atom. The van der Waals surface area contributed by atoms with Crippen molar-refractivity contribution in [2.45, 2.75) is 62.9 Å². The monoisotopic (exact) mass is 371 g/mol. The van der Waals surface area contributed by atoms with Gasteiger partial charge in [0, 0.05) is 23.7 Å². The van der Waals surface area contributed by atoms with Gasteiger partial charge in [-0.25, -0.2) is 17.5 Å². The number of halogens is 1. The minimum absolute atomic E-state index is 0.0193. The van der Waals surface area contributed by atoms with Crippen LogP contribution in [0.2, 0.25) is 0 Å². The van der Waals surface area contributed by atoms with Gasteiger partial charge in [-0.3, -0.25) is 4.79 Å². The molecule has 0 heterocycles. The van der Waals surface area contributed by atoms with Crippen molar-refractivity contribution in [2.75, 3.05) is 5.32 Å². The summed E-state index contributed by atoms with van der Waals surface area (Å²) in [6.07, 6.45) is 3.11. The van der Waals surface area contributed by atoms with Crippen LogP contribution in [0.5, 0.6) is 0 Å². The molecule has 2 atom stereocenters. The van der Waals surface area contributed by atoms with Crippen LogP contribution in [-0.4, -0.2) is 25.9 Å². The molecule has 6 nitrogen and oxygen atoms in total. The molecule has 25 heavy (non-hydrogen) atoms. The quantitative estimate of drug-likeness (QED) is 0.739. The molecule has 4 N–H and O–H groups in total. The second-order valence-electron chi connectivity index (χ2n) is 7.61. The van der Waals surface area contributed by atoms with Crippen molar-refractivity contribution >= 4 is 21.6 Å². The summed E-state index contributed by atoms with van der Waals surface area (Å²) in [7, 11) is -4.03. The molecule has 1 aliphatic rings. The smallest absolute Gasteiger partial charge is 0.244 e. The van der Waals surface area contributed by atoms with Crippen molar-refractivity contribution < 1.29 is 17.6 Å². The van der Waals surface area contributed by atoms with Crippen molar-refractivity contribution in [2.24, 2.45) is 11.7 Å². The highest BCUT2D eigenvalue weighted by Crippen LogP contribution is 2.27. The lowest BCUT2D eigenvalue weighted by atomic mass is 10.00. The van der Waals surface area contributed by atoms with Crippen LogP contribution in [0.3, 0.4) is 0 Å². The molecule has 0 unspecified atom stereocenters. The van der Waals surface area contributed by atoms with Gasteiger partial charge in [-0.1, -0.05) is 6.42 Å². The molecule has 2 rings (SSSR count). The third-order valence-electron chi connectivity index (χ3n) is 4.11. The van der Waals surface area contributed by atoms with Gasteiger partial charge in [0.15, 0.2) is 0 Å². The average molecular weight is 371 g/mol. The first-order valence-electron chi connectivity index (χ1n) is 8.37. The lowest BCUT2D eigenvalue weighted by molar-refractivity contribution is -0.117. The number of rotatable bonds is 5. The summed E-state index contributed by atoms with van der Waals surface area (Å²) in [5.41, 5.74) is 5.46. The summed E-state index contributed by atoms with van der Waals surface area (Å²) in [4.78, 5) is 11.7. The fraction of sp³-hybridized carbons (Fsp3) is 0.588. The Labute approximate surface area is 148 Å². The molecule has 1 amide bonds. The number of nitrogens with one attached hydrogen (secondary N) is 2. The van der Waals surface area contributed by atoms with E-state index in [1.54, 1.807) is 20.8 Å². The van der Waals surface area contributed by atoms with E-state index >= 15 is 0 Å². The summed E-state index contributed by atoms with van der Waals surface area (Å²) in [6.45, 7) is 5.00. The number of carbonyl (C=O) groups excluding carboxylic acids is 1. The van der Waals surface area contributed by atoms with Gasteiger partial charge in [0.2, 0.25) is 15.9 Å². The van der Waals surface area contributed by atoms with E-state index in [2.05, 4.69) is 10.0 Å². The van der Waals surface area contributed by atoms with Gasteiger partial charge in [0.05, 0.1) is 0 Å². The van der Waals surface area contributed by atoms with E-state index in [1.165, 1.54) is 6.07 Å². The van der Waals surface area contributed by atoms with E-state index in [4.69, 9.17) is 5.73 Å². The molecular weight excluding hydrogens is 345 g/mol. The van der Waals surface area contributed by atoms with Crippen LogP contribution in [-0.2, 0) is 14.8 Å². The summed E-state index contributed by atoms with van der Waals surface area (Å²) < 4.78 is 41.1. The molecule has 1 fully saturated rings. The normalized spacial score (nSPS) is 21.3. The number of sulfonamides is 1. The van der Waals surface area contributed by atoms with Gasteiger partial charge in [-0.15, -0.1) is 0 Å². The summed E-state index contributed by atoms with van der Waals surface area (Å²) >= 11 is 0. The molecule has 1 aromatic rings. The number of anilines is 1. The molecule has 0 aliphatic heterocycles. The number of hydrogen-bond donors (Lipinski definition) is 3. The van der Waals surface area contributed by atoms with Crippen LogP contribution in [0.1, 0.15) is 46.5 Å². The van der Waals surface area contributed by atoms with Gasteiger partial charge in [-0.2, -0.15) is 0 Å². The van der Waals surface area contributed by atoms with Crippen molar-refractivity contribution in [1.29, 1.82) is 0 Å². The minimum atomic E-state index is -4.03. The Bertz CT molecular complexity index is 744. The lowest BCUT2D eigenvalue weighted by Crippen LogP contribution is -2.40. The largest absolute Gasteiger partial charge is 0.327 e. The maximum absolute atomic E-state index is 14.0. The van der Waals surface area contributed by atoms with E-state index in [1.807, 2.05) is 0 Å². The lowest BCUT2D eigenvalue weighted by Gasteiger charge is -2.21. The van der Waals surface area contributed by atoms with Crippen LogP contribution >= 0.6 is 0 Å². The number of nitrogens with two attached hydrogens (primary N) is 1. The Morgan fingerprint density at radius 1 is 1.32 bits per heavy atom. The van der Waals surface area contributed by atoms with Crippen LogP contribution < -0.4 is 15.8 Å². The van der Waals surface area contributed by atoms with Crippen LogP contribution in [0.4, 0.5) is 10.1 Å². The Morgan fingerprint density at radius 2 is 2.00 bits per heavy atom. The second kappa shape index (κ2) is 7.39. The molecule has 1 saturated carbocycles. The Balaban J connectivity index is 2.14. The first-order chi connectivity index (χ1) is 11.5. The van der Waals surface area contributed by atoms with E-state index < -0.39 is 26.3 Å². The van der Waals surface area contributed by atoms with Crippen molar-refractivity contribution in [3.05, 3.63) is 24.0 Å². The fourth-order valence-electron chi connectivity index (χ4n) is 3.01. The van der Waals surface area contributed by atoms with Gasteiger partial charge < -0.3 is 11.1 Å². The first kappa shape index (κ1) is 19.8. The fourth-order valence-corrected chi connectivity index (χ4v) is 4.54. The molecule has 8 heteroatoms. The molecular formula is C17H26FN3O3S. The second-order valence-corrected chi connectivity index (χ2v) is 9.26. The van der Waals surface area contributed by atoms with E-state index in [0.29, 0.717) is 0 Å². The topological polar surface area (TPSA) is 101 Å². The van der Waals surface area contributed by atoms with E-state index in [-0.39, 0.29) is 30.0 Å². The number of hydrogen-bond acceptors (Lipinski definition) is 4. The molecule has 0 radical (unpaired) electrons. The van der Waals surface area contributed by atoms with Gasteiger partial charge in [-0.05, 0) is 57.7 Å². The Hall–Kier alpha value is -1.51. The van der Waals surface area contributed by atoms with Crippen LogP contribution in [0.15, 0.2) is 23.1 Å². The van der Waals surface area contributed by atoms with Gasteiger partial charge >= 0.3 is 0 Å². The zero-order valence-corrected chi connectivity index (χ0v) is 15.6. The highest BCUT2D eigenvalue weighted by atomic mass is 32.2. The molecule has 1 aliphatic carbocycles. The molecule has 0 spiro atoms.